The summed E-state index contributed by atoms with van der Waals surface area (Å²) in [5.41, 5.74) is 0. The van der Waals surface area contributed by atoms with Crippen LogP contribution in [-0.4, -0.2) is 29.2 Å². The maximum absolute atomic E-state index is 11.5. The Bertz CT molecular complexity index is 281. The lowest BCUT2D eigenvalue weighted by Crippen LogP contribution is -2.48. The number of carboxylic acids is 1. The smallest absolute Gasteiger partial charge is 0.326 e. The molecular formula is C11H18N2O3. The lowest BCUT2D eigenvalue weighted by Gasteiger charge is -2.17. The number of amides is 2. The van der Waals surface area contributed by atoms with Crippen LogP contribution >= 0.6 is 0 Å². The number of aliphatic carboxylic acids is 1. The van der Waals surface area contributed by atoms with Crippen LogP contribution in [0.2, 0.25) is 0 Å². The second kappa shape index (κ2) is 6.15. The van der Waals surface area contributed by atoms with E-state index in [1.807, 2.05) is 19.1 Å². The van der Waals surface area contributed by atoms with Crippen LogP contribution in [-0.2, 0) is 4.79 Å². The monoisotopic (exact) mass is 226 g/mol. The number of carboxylic acid groups (broad SMARTS) is 1. The van der Waals surface area contributed by atoms with Crippen molar-refractivity contribution in [3.8, 4) is 0 Å². The van der Waals surface area contributed by atoms with Gasteiger partial charge in [0.25, 0.3) is 0 Å². The van der Waals surface area contributed by atoms with E-state index in [2.05, 4.69) is 10.6 Å². The molecule has 1 atom stereocenters. The zero-order valence-corrected chi connectivity index (χ0v) is 9.40. The number of hydrogen-bond acceptors (Lipinski definition) is 2. The minimum absolute atomic E-state index is 0.107. The Labute approximate surface area is 94.9 Å². The van der Waals surface area contributed by atoms with Gasteiger partial charge in [-0.15, -0.1) is 0 Å². The van der Waals surface area contributed by atoms with E-state index in [1.165, 1.54) is 0 Å². The zero-order chi connectivity index (χ0) is 12.0. The lowest BCUT2D eigenvalue weighted by atomic mass is 10.2. The largest absolute Gasteiger partial charge is 0.480 e. The highest BCUT2D eigenvalue weighted by atomic mass is 16.4. The van der Waals surface area contributed by atoms with E-state index >= 15 is 0 Å². The fraction of sp³-hybridized carbons (Fsp3) is 0.636. The molecule has 0 aromatic carbocycles. The molecule has 0 heterocycles. The van der Waals surface area contributed by atoms with Crippen molar-refractivity contribution >= 4 is 12.0 Å². The van der Waals surface area contributed by atoms with E-state index in [0.717, 1.165) is 19.3 Å². The summed E-state index contributed by atoms with van der Waals surface area (Å²) in [5.74, 6) is -0.985. The average Bonchev–Trinajstić information content (AvgIpc) is 2.69. The first-order valence-electron chi connectivity index (χ1n) is 5.58. The molecule has 1 aliphatic carbocycles. The first-order chi connectivity index (χ1) is 7.63. The SMILES string of the molecule is CCC[C@@H](NC(=O)NC1CC=CC1)C(=O)O. The quantitative estimate of drug-likeness (QED) is 0.617. The van der Waals surface area contributed by atoms with Crippen molar-refractivity contribution in [2.45, 2.75) is 44.7 Å². The van der Waals surface area contributed by atoms with Gasteiger partial charge in [0.1, 0.15) is 6.04 Å². The van der Waals surface area contributed by atoms with E-state index in [1.54, 1.807) is 0 Å². The van der Waals surface area contributed by atoms with Crippen LogP contribution in [0, 0.1) is 0 Å². The number of carbonyl (C=O) groups is 2. The Morgan fingerprint density at radius 2 is 2.06 bits per heavy atom. The molecule has 1 aliphatic rings. The molecule has 0 radical (unpaired) electrons. The third kappa shape index (κ3) is 3.92. The van der Waals surface area contributed by atoms with E-state index < -0.39 is 18.0 Å². The highest BCUT2D eigenvalue weighted by Crippen LogP contribution is 2.08. The van der Waals surface area contributed by atoms with Crippen LogP contribution in [0.1, 0.15) is 32.6 Å². The molecule has 0 unspecified atom stereocenters. The summed E-state index contributed by atoms with van der Waals surface area (Å²) in [4.78, 5) is 22.3. The predicted octanol–water partition coefficient (Wildman–Crippen LogP) is 1.26. The number of nitrogens with one attached hydrogen (secondary N) is 2. The highest BCUT2D eigenvalue weighted by molar-refractivity contribution is 5.82. The molecule has 0 aromatic rings. The Kier molecular flexibility index (Phi) is 4.82. The van der Waals surface area contributed by atoms with Crippen molar-refractivity contribution in [2.24, 2.45) is 0 Å². The van der Waals surface area contributed by atoms with E-state index in [9.17, 15) is 9.59 Å². The van der Waals surface area contributed by atoms with Gasteiger partial charge in [-0.25, -0.2) is 9.59 Å². The van der Waals surface area contributed by atoms with Crippen molar-refractivity contribution in [1.82, 2.24) is 10.6 Å². The summed E-state index contributed by atoms with van der Waals surface area (Å²) < 4.78 is 0. The van der Waals surface area contributed by atoms with Gasteiger partial charge >= 0.3 is 12.0 Å². The molecule has 5 nitrogen and oxygen atoms in total. The molecule has 0 fully saturated rings. The molecule has 0 aromatic heterocycles. The van der Waals surface area contributed by atoms with E-state index in [-0.39, 0.29) is 6.04 Å². The number of rotatable bonds is 5. The average molecular weight is 226 g/mol. The van der Waals surface area contributed by atoms with Gasteiger partial charge in [-0.3, -0.25) is 0 Å². The molecule has 90 valence electrons. The molecule has 16 heavy (non-hydrogen) atoms. The third-order valence-corrected chi connectivity index (χ3v) is 2.52. The normalized spacial score (nSPS) is 17.1. The second-order valence-corrected chi connectivity index (χ2v) is 3.94. The molecule has 3 N–H and O–H groups in total. The van der Waals surface area contributed by atoms with Crippen molar-refractivity contribution in [3.05, 3.63) is 12.2 Å². The summed E-state index contributed by atoms with van der Waals surface area (Å²) in [6.45, 7) is 1.89. The van der Waals surface area contributed by atoms with E-state index in [0.29, 0.717) is 6.42 Å². The molecule has 1 rings (SSSR count). The first kappa shape index (κ1) is 12.5. The number of carbonyl (C=O) groups excluding carboxylic acids is 1. The van der Waals surface area contributed by atoms with Crippen LogP contribution < -0.4 is 10.6 Å². The predicted molar refractivity (Wildman–Crippen MR) is 60.2 cm³/mol. The number of hydrogen-bond donors (Lipinski definition) is 3. The van der Waals surface area contributed by atoms with Crippen LogP contribution in [0.4, 0.5) is 4.79 Å². The minimum Gasteiger partial charge on any atom is -0.480 e. The summed E-state index contributed by atoms with van der Waals surface area (Å²) in [6.07, 6.45) is 6.82. The summed E-state index contributed by atoms with van der Waals surface area (Å²) >= 11 is 0. The summed E-state index contributed by atoms with van der Waals surface area (Å²) in [7, 11) is 0. The van der Waals surface area contributed by atoms with E-state index in [4.69, 9.17) is 5.11 Å². The van der Waals surface area contributed by atoms with Crippen LogP contribution in [0.15, 0.2) is 12.2 Å². The topological polar surface area (TPSA) is 78.4 Å². The van der Waals surface area contributed by atoms with Crippen molar-refractivity contribution in [1.29, 1.82) is 0 Å². The fourth-order valence-electron chi connectivity index (χ4n) is 1.67. The molecule has 2 amide bonds. The highest BCUT2D eigenvalue weighted by Gasteiger charge is 2.20. The van der Waals surface area contributed by atoms with Gasteiger partial charge in [-0.1, -0.05) is 25.5 Å². The van der Waals surface area contributed by atoms with Crippen LogP contribution in [0.5, 0.6) is 0 Å². The minimum atomic E-state index is -0.985. The maximum Gasteiger partial charge on any atom is 0.326 e. The van der Waals surface area contributed by atoms with Crippen LogP contribution in [0.25, 0.3) is 0 Å². The standard InChI is InChI=1S/C11H18N2O3/c1-2-5-9(10(14)15)13-11(16)12-8-6-3-4-7-8/h3-4,8-9H,2,5-7H2,1H3,(H,14,15)(H2,12,13,16)/t9-/m1/s1. The van der Waals surface area contributed by atoms with Gasteiger partial charge in [0.15, 0.2) is 0 Å². The molecule has 0 bridgehead atoms. The second-order valence-electron chi connectivity index (χ2n) is 3.94. The van der Waals surface area contributed by atoms with Crippen LogP contribution in [0.3, 0.4) is 0 Å². The maximum atomic E-state index is 11.5. The lowest BCUT2D eigenvalue weighted by molar-refractivity contribution is -0.139. The van der Waals surface area contributed by atoms with Gasteiger partial charge in [0, 0.05) is 6.04 Å². The van der Waals surface area contributed by atoms with Gasteiger partial charge in [0.05, 0.1) is 0 Å². The Balaban J connectivity index is 2.32. The van der Waals surface area contributed by atoms with Gasteiger partial charge in [0.2, 0.25) is 0 Å². The van der Waals surface area contributed by atoms with Crippen molar-refractivity contribution < 1.29 is 14.7 Å². The first-order valence-corrected chi connectivity index (χ1v) is 5.58. The van der Waals surface area contributed by atoms with Gasteiger partial charge in [-0.05, 0) is 19.3 Å². The zero-order valence-electron chi connectivity index (χ0n) is 9.40. The Morgan fingerprint density at radius 1 is 1.44 bits per heavy atom. The molecule has 0 saturated heterocycles. The molecule has 0 saturated carbocycles. The molecule has 0 aliphatic heterocycles. The summed E-state index contributed by atoms with van der Waals surface area (Å²) in [5, 5.41) is 14.1. The van der Waals surface area contributed by atoms with Gasteiger partial charge < -0.3 is 15.7 Å². The number of urea groups is 1. The Morgan fingerprint density at radius 3 is 2.56 bits per heavy atom. The van der Waals surface area contributed by atoms with Gasteiger partial charge in [-0.2, -0.15) is 0 Å². The summed E-state index contributed by atoms with van der Waals surface area (Å²) in [6, 6.07) is -1.08. The van der Waals surface area contributed by atoms with Crippen molar-refractivity contribution in [3.63, 3.8) is 0 Å². The third-order valence-electron chi connectivity index (χ3n) is 2.52. The molecule has 0 spiro atoms. The fourth-order valence-corrected chi connectivity index (χ4v) is 1.67. The molecule has 5 heteroatoms. The van der Waals surface area contributed by atoms with Crippen molar-refractivity contribution in [2.75, 3.05) is 0 Å². The molecular weight excluding hydrogens is 208 g/mol. The Hall–Kier alpha value is -1.52.